The Morgan fingerprint density at radius 3 is 2.73 bits per heavy atom. The molecule has 1 atom stereocenters. The highest BCUT2D eigenvalue weighted by atomic mass is 16.1. The van der Waals surface area contributed by atoms with Crippen LogP contribution >= 0.6 is 0 Å². The van der Waals surface area contributed by atoms with Gasteiger partial charge in [-0.15, -0.1) is 0 Å². The number of nitriles is 1. The van der Waals surface area contributed by atoms with Crippen molar-refractivity contribution in [3.63, 3.8) is 0 Å². The first-order chi connectivity index (χ1) is 7.06. The lowest BCUT2D eigenvalue weighted by molar-refractivity contribution is 0.0937. The lowest BCUT2D eigenvalue weighted by Gasteiger charge is -2.14. The number of carbonyl (C=O) groups is 1. The molecule has 15 heavy (non-hydrogen) atoms. The summed E-state index contributed by atoms with van der Waals surface area (Å²) < 4.78 is 0. The van der Waals surface area contributed by atoms with E-state index in [1.165, 1.54) is 6.20 Å². The number of hydrogen-bond donors (Lipinski definition) is 2. The minimum atomic E-state index is -0.466. The monoisotopic (exact) mass is 206 g/mol. The van der Waals surface area contributed by atoms with Crippen molar-refractivity contribution >= 4 is 5.91 Å². The molecule has 2 N–H and O–H groups in total. The molecule has 0 saturated heterocycles. The summed E-state index contributed by atoms with van der Waals surface area (Å²) in [7, 11) is 0. The van der Waals surface area contributed by atoms with Crippen molar-refractivity contribution in [3.8, 4) is 6.07 Å². The van der Waals surface area contributed by atoms with E-state index in [4.69, 9.17) is 5.26 Å². The van der Waals surface area contributed by atoms with Gasteiger partial charge in [-0.2, -0.15) is 10.4 Å². The van der Waals surface area contributed by atoms with E-state index >= 15 is 0 Å². The first-order valence-electron chi connectivity index (χ1n) is 4.76. The summed E-state index contributed by atoms with van der Waals surface area (Å²) in [6, 6.07) is 1.59. The second-order valence-corrected chi connectivity index (χ2v) is 3.73. The quantitative estimate of drug-likeness (QED) is 0.773. The molecular weight excluding hydrogens is 192 g/mol. The topological polar surface area (TPSA) is 81.6 Å². The summed E-state index contributed by atoms with van der Waals surface area (Å²) in [4.78, 5) is 11.7. The number of rotatable bonds is 3. The third-order valence-corrected chi connectivity index (χ3v) is 2.17. The van der Waals surface area contributed by atoms with Crippen LogP contribution in [0.2, 0.25) is 0 Å². The zero-order valence-corrected chi connectivity index (χ0v) is 9.03. The van der Waals surface area contributed by atoms with Crippen LogP contribution in [-0.4, -0.2) is 22.1 Å². The van der Waals surface area contributed by atoms with Gasteiger partial charge in [0.1, 0.15) is 6.04 Å². The smallest absolute Gasteiger partial charge is 0.255 e. The first-order valence-corrected chi connectivity index (χ1v) is 4.76. The van der Waals surface area contributed by atoms with Crippen molar-refractivity contribution in [2.75, 3.05) is 0 Å². The van der Waals surface area contributed by atoms with E-state index < -0.39 is 6.04 Å². The minimum Gasteiger partial charge on any atom is -0.336 e. The molecule has 0 aliphatic rings. The highest BCUT2D eigenvalue weighted by molar-refractivity contribution is 5.95. The van der Waals surface area contributed by atoms with Crippen LogP contribution in [-0.2, 0) is 0 Å². The van der Waals surface area contributed by atoms with E-state index in [0.717, 1.165) is 0 Å². The van der Waals surface area contributed by atoms with E-state index in [1.807, 2.05) is 13.8 Å². The van der Waals surface area contributed by atoms with Crippen LogP contribution in [0.5, 0.6) is 0 Å². The fourth-order valence-corrected chi connectivity index (χ4v) is 1.15. The van der Waals surface area contributed by atoms with Crippen LogP contribution in [0, 0.1) is 24.2 Å². The maximum Gasteiger partial charge on any atom is 0.255 e. The molecule has 5 heteroatoms. The summed E-state index contributed by atoms with van der Waals surface area (Å²) in [5.41, 5.74) is 1.18. The molecule has 80 valence electrons. The summed E-state index contributed by atoms with van der Waals surface area (Å²) in [5.74, 6) is -0.173. The number of aromatic amines is 1. The van der Waals surface area contributed by atoms with Crippen LogP contribution in [0.25, 0.3) is 0 Å². The summed E-state index contributed by atoms with van der Waals surface area (Å²) in [6.45, 7) is 5.53. The van der Waals surface area contributed by atoms with E-state index in [1.54, 1.807) is 6.92 Å². The van der Waals surface area contributed by atoms with Crippen LogP contribution in [0.1, 0.15) is 29.9 Å². The third-order valence-electron chi connectivity index (χ3n) is 2.17. The first kappa shape index (κ1) is 11.2. The van der Waals surface area contributed by atoms with Crippen molar-refractivity contribution < 1.29 is 4.79 Å². The number of nitrogens with one attached hydrogen (secondary N) is 2. The molecule has 1 heterocycles. The third kappa shape index (κ3) is 2.56. The molecule has 0 aliphatic carbocycles. The average Bonchev–Trinajstić information content (AvgIpc) is 2.60. The van der Waals surface area contributed by atoms with Crippen molar-refractivity contribution in [3.05, 3.63) is 17.5 Å². The highest BCUT2D eigenvalue weighted by Crippen LogP contribution is 2.05. The molecule has 0 spiro atoms. The van der Waals surface area contributed by atoms with Crippen LogP contribution in [0.15, 0.2) is 6.20 Å². The maximum absolute atomic E-state index is 11.7. The van der Waals surface area contributed by atoms with E-state index in [0.29, 0.717) is 11.3 Å². The van der Waals surface area contributed by atoms with Gasteiger partial charge in [-0.1, -0.05) is 13.8 Å². The Labute approximate surface area is 88.5 Å². The molecule has 5 nitrogen and oxygen atoms in total. The molecular formula is C10H14N4O. The molecule has 0 fully saturated rings. The van der Waals surface area contributed by atoms with Gasteiger partial charge in [0, 0.05) is 5.69 Å². The molecule has 1 rings (SSSR count). The Morgan fingerprint density at radius 1 is 1.67 bits per heavy atom. The Hall–Kier alpha value is -1.83. The lowest BCUT2D eigenvalue weighted by atomic mass is 10.1. The van der Waals surface area contributed by atoms with Gasteiger partial charge < -0.3 is 5.32 Å². The molecule has 0 saturated carbocycles. The molecule has 0 aromatic carbocycles. The fraction of sp³-hybridized carbons (Fsp3) is 0.500. The SMILES string of the molecule is Cc1[nH]ncc1C(=O)NC(C#N)C(C)C. The van der Waals surface area contributed by atoms with Crippen molar-refractivity contribution in [1.82, 2.24) is 15.5 Å². The number of aryl methyl sites for hydroxylation is 1. The van der Waals surface area contributed by atoms with E-state index in [9.17, 15) is 4.79 Å². The Morgan fingerprint density at radius 2 is 2.33 bits per heavy atom. The van der Waals surface area contributed by atoms with Crippen LogP contribution < -0.4 is 5.32 Å². The van der Waals surface area contributed by atoms with Crippen molar-refractivity contribution in [1.29, 1.82) is 5.26 Å². The largest absolute Gasteiger partial charge is 0.336 e. The van der Waals surface area contributed by atoms with Crippen molar-refractivity contribution in [2.24, 2.45) is 5.92 Å². The standard InChI is InChI=1S/C10H14N4O/c1-6(2)9(4-11)13-10(15)8-5-12-14-7(8)3/h5-6,9H,1-3H3,(H,12,14)(H,13,15). The summed E-state index contributed by atoms with van der Waals surface area (Å²) in [5, 5.41) is 17.9. The molecule has 0 radical (unpaired) electrons. The number of amides is 1. The second-order valence-electron chi connectivity index (χ2n) is 3.73. The number of hydrogen-bond acceptors (Lipinski definition) is 3. The highest BCUT2D eigenvalue weighted by Gasteiger charge is 2.18. The minimum absolute atomic E-state index is 0.0890. The predicted octanol–water partition coefficient (Wildman–Crippen LogP) is 0.996. The van der Waals surface area contributed by atoms with Gasteiger partial charge in [0.05, 0.1) is 17.8 Å². The number of carbonyl (C=O) groups excluding carboxylic acids is 1. The zero-order valence-electron chi connectivity index (χ0n) is 9.03. The lowest BCUT2D eigenvalue weighted by Crippen LogP contribution is -2.37. The molecule has 0 aliphatic heterocycles. The predicted molar refractivity (Wildman–Crippen MR) is 55.0 cm³/mol. The van der Waals surface area contributed by atoms with Gasteiger partial charge in [0.15, 0.2) is 0 Å². The zero-order chi connectivity index (χ0) is 11.4. The maximum atomic E-state index is 11.7. The van der Waals surface area contributed by atoms with Gasteiger partial charge in [-0.05, 0) is 12.8 Å². The Kier molecular flexibility index (Phi) is 3.45. The van der Waals surface area contributed by atoms with Gasteiger partial charge in [-0.3, -0.25) is 9.89 Å². The summed E-state index contributed by atoms with van der Waals surface area (Å²) >= 11 is 0. The number of nitrogens with zero attached hydrogens (tertiary/aromatic N) is 2. The van der Waals surface area contributed by atoms with E-state index in [-0.39, 0.29) is 11.8 Å². The fourth-order valence-electron chi connectivity index (χ4n) is 1.15. The summed E-state index contributed by atoms with van der Waals surface area (Å²) in [6.07, 6.45) is 1.46. The van der Waals surface area contributed by atoms with Crippen molar-refractivity contribution in [2.45, 2.75) is 26.8 Å². The normalized spacial score (nSPS) is 12.2. The van der Waals surface area contributed by atoms with E-state index in [2.05, 4.69) is 21.6 Å². The number of aromatic nitrogens is 2. The Balaban J connectivity index is 2.72. The second kappa shape index (κ2) is 4.60. The van der Waals surface area contributed by atoms with Gasteiger partial charge in [-0.25, -0.2) is 0 Å². The van der Waals surface area contributed by atoms with Gasteiger partial charge in [0.25, 0.3) is 5.91 Å². The van der Waals surface area contributed by atoms with Gasteiger partial charge >= 0.3 is 0 Å². The Bertz CT molecular complexity index is 388. The molecule has 1 aromatic heterocycles. The molecule has 1 aromatic rings. The van der Waals surface area contributed by atoms with Gasteiger partial charge in [0.2, 0.25) is 0 Å². The number of H-pyrrole nitrogens is 1. The molecule has 1 amide bonds. The average molecular weight is 206 g/mol. The van der Waals surface area contributed by atoms with Crippen LogP contribution in [0.3, 0.4) is 0 Å². The molecule has 0 bridgehead atoms. The van der Waals surface area contributed by atoms with Crippen LogP contribution in [0.4, 0.5) is 0 Å². The molecule has 1 unspecified atom stereocenters.